The van der Waals surface area contributed by atoms with Crippen molar-refractivity contribution in [3.05, 3.63) is 53.0 Å². The van der Waals surface area contributed by atoms with Crippen molar-refractivity contribution in [3.8, 4) is 11.3 Å². The summed E-state index contributed by atoms with van der Waals surface area (Å²) in [5.41, 5.74) is 2.81. The maximum absolute atomic E-state index is 15.7. The van der Waals surface area contributed by atoms with Gasteiger partial charge < -0.3 is 9.80 Å². The Morgan fingerprint density at radius 1 is 1.16 bits per heavy atom. The largest absolute Gasteiger partial charge is 0.342 e. The molecule has 10 heteroatoms. The van der Waals surface area contributed by atoms with E-state index in [2.05, 4.69) is 15.2 Å². The number of piperidine rings is 2. The molecule has 3 saturated heterocycles. The Bertz CT molecular complexity index is 1340. The molecule has 6 rings (SSSR count). The molecule has 1 spiro atoms. The fourth-order valence-corrected chi connectivity index (χ4v) is 6.26. The highest BCUT2D eigenvalue weighted by molar-refractivity contribution is 6.05. The van der Waals surface area contributed by atoms with E-state index in [1.807, 2.05) is 4.90 Å². The SMILES string of the molecule is CC(=O)N1CC2(CCN(Cc3ccnc(-c4ccc5c(c4)CN(C4CCC(=O)NC4=O)C5=O)c3F)CC2)C1. The van der Waals surface area contributed by atoms with Gasteiger partial charge in [-0.25, -0.2) is 4.39 Å². The fourth-order valence-electron chi connectivity index (χ4n) is 6.26. The molecule has 1 N–H and O–H groups in total. The molecule has 0 saturated carbocycles. The first-order valence-corrected chi connectivity index (χ1v) is 13.1. The first kappa shape index (κ1) is 24.7. The number of carbonyl (C=O) groups is 4. The minimum Gasteiger partial charge on any atom is -0.342 e. The summed E-state index contributed by atoms with van der Waals surface area (Å²) >= 11 is 0. The van der Waals surface area contributed by atoms with Crippen molar-refractivity contribution in [1.29, 1.82) is 0 Å². The van der Waals surface area contributed by atoms with Crippen LogP contribution in [0.1, 0.15) is 54.1 Å². The number of imide groups is 1. The molecule has 38 heavy (non-hydrogen) atoms. The molecule has 2 aromatic rings. The Morgan fingerprint density at radius 3 is 2.63 bits per heavy atom. The first-order valence-electron chi connectivity index (χ1n) is 13.1. The van der Waals surface area contributed by atoms with Crippen LogP contribution in [0.5, 0.6) is 0 Å². The normalized spacial score (nSPS) is 22.9. The molecule has 4 amide bonds. The van der Waals surface area contributed by atoms with Gasteiger partial charge in [0.1, 0.15) is 11.7 Å². The fraction of sp³-hybridized carbons (Fsp3) is 0.464. The third-order valence-corrected chi connectivity index (χ3v) is 8.57. The average molecular weight is 520 g/mol. The summed E-state index contributed by atoms with van der Waals surface area (Å²) < 4.78 is 15.7. The molecule has 9 nitrogen and oxygen atoms in total. The van der Waals surface area contributed by atoms with E-state index in [-0.39, 0.29) is 47.6 Å². The second-order valence-corrected chi connectivity index (χ2v) is 11.1. The number of hydrogen-bond acceptors (Lipinski definition) is 6. The van der Waals surface area contributed by atoms with Crippen molar-refractivity contribution in [2.24, 2.45) is 5.41 Å². The van der Waals surface area contributed by atoms with Crippen LogP contribution in [0.25, 0.3) is 11.3 Å². The Balaban J connectivity index is 1.15. The van der Waals surface area contributed by atoms with Gasteiger partial charge in [-0.3, -0.25) is 34.4 Å². The third kappa shape index (κ3) is 4.26. The van der Waals surface area contributed by atoms with Gasteiger partial charge in [0.05, 0.1) is 0 Å². The van der Waals surface area contributed by atoms with Gasteiger partial charge in [0.2, 0.25) is 17.7 Å². The highest BCUT2D eigenvalue weighted by atomic mass is 19.1. The molecule has 0 radical (unpaired) electrons. The summed E-state index contributed by atoms with van der Waals surface area (Å²) in [6.45, 7) is 5.70. The summed E-state index contributed by atoms with van der Waals surface area (Å²) in [4.78, 5) is 58.3. The van der Waals surface area contributed by atoms with Gasteiger partial charge >= 0.3 is 0 Å². The lowest BCUT2D eigenvalue weighted by Gasteiger charge is -2.53. The van der Waals surface area contributed by atoms with E-state index in [0.29, 0.717) is 35.2 Å². The number of nitrogens with zero attached hydrogens (tertiary/aromatic N) is 4. The molecule has 1 atom stereocenters. The van der Waals surface area contributed by atoms with Gasteiger partial charge in [0, 0.05) is 67.8 Å². The lowest BCUT2D eigenvalue weighted by atomic mass is 9.72. The predicted molar refractivity (Wildman–Crippen MR) is 135 cm³/mol. The third-order valence-electron chi connectivity index (χ3n) is 8.57. The summed E-state index contributed by atoms with van der Waals surface area (Å²) in [6.07, 6.45) is 4.10. The molecule has 4 aliphatic heterocycles. The minimum atomic E-state index is -0.691. The van der Waals surface area contributed by atoms with Crippen LogP contribution in [0.2, 0.25) is 0 Å². The van der Waals surface area contributed by atoms with Crippen LogP contribution in [0.3, 0.4) is 0 Å². The summed E-state index contributed by atoms with van der Waals surface area (Å²) in [5.74, 6) is -1.29. The van der Waals surface area contributed by atoms with Gasteiger partial charge in [0.25, 0.3) is 5.91 Å². The molecule has 1 unspecified atom stereocenters. The Labute approximate surface area is 220 Å². The lowest BCUT2D eigenvalue weighted by molar-refractivity contribution is -0.144. The number of likely N-dealkylation sites (tertiary alicyclic amines) is 2. The first-order chi connectivity index (χ1) is 18.2. The molecule has 198 valence electrons. The maximum atomic E-state index is 15.7. The second-order valence-electron chi connectivity index (χ2n) is 11.1. The van der Waals surface area contributed by atoms with Crippen LogP contribution in [0, 0.1) is 11.2 Å². The summed E-state index contributed by atoms with van der Waals surface area (Å²) in [6, 6.07) is 6.16. The van der Waals surface area contributed by atoms with Gasteiger partial charge in [0.15, 0.2) is 5.82 Å². The van der Waals surface area contributed by atoms with E-state index in [0.717, 1.165) is 39.0 Å². The number of benzene rings is 1. The van der Waals surface area contributed by atoms with Gasteiger partial charge in [-0.15, -0.1) is 0 Å². The molecule has 1 aromatic heterocycles. The second kappa shape index (κ2) is 9.27. The standard InChI is InChI=1S/C28H30FN5O4/c1-17(35)33-15-28(16-33)7-10-32(11-8-28)13-19-6-9-30-25(24(19)29)18-2-3-21-20(12-18)14-34(27(21)38)22-4-5-23(36)31-26(22)37/h2-3,6,9,12,22H,4-5,7-8,10-11,13-16H2,1H3,(H,31,36,37). The van der Waals surface area contributed by atoms with Crippen LogP contribution in [-0.2, 0) is 27.5 Å². The number of nitrogens with one attached hydrogen (secondary N) is 1. The van der Waals surface area contributed by atoms with E-state index < -0.39 is 11.9 Å². The van der Waals surface area contributed by atoms with Gasteiger partial charge in [-0.1, -0.05) is 6.07 Å². The number of pyridine rings is 1. The topological polar surface area (TPSA) is 103 Å². The predicted octanol–water partition coefficient (Wildman–Crippen LogP) is 2.09. The molecule has 0 bridgehead atoms. The van der Waals surface area contributed by atoms with E-state index in [9.17, 15) is 19.2 Å². The zero-order valence-electron chi connectivity index (χ0n) is 21.3. The number of aromatic nitrogens is 1. The maximum Gasteiger partial charge on any atom is 0.255 e. The molecule has 0 aliphatic carbocycles. The highest BCUT2D eigenvalue weighted by Crippen LogP contribution is 2.41. The Hall–Kier alpha value is -3.66. The van der Waals surface area contributed by atoms with E-state index in [4.69, 9.17) is 0 Å². The van der Waals surface area contributed by atoms with E-state index >= 15 is 4.39 Å². The zero-order valence-corrected chi connectivity index (χ0v) is 21.3. The quantitative estimate of drug-likeness (QED) is 0.621. The minimum absolute atomic E-state index is 0.129. The molecular formula is C28H30FN5O4. The molecule has 4 aliphatic rings. The van der Waals surface area contributed by atoms with Crippen LogP contribution in [0.15, 0.2) is 30.5 Å². The van der Waals surface area contributed by atoms with E-state index in [1.165, 1.54) is 4.90 Å². The molecule has 3 fully saturated rings. The smallest absolute Gasteiger partial charge is 0.255 e. The van der Waals surface area contributed by atoms with Crippen LogP contribution in [0.4, 0.5) is 4.39 Å². The van der Waals surface area contributed by atoms with Crippen molar-refractivity contribution >= 4 is 23.6 Å². The van der Waals surface area contributed by atoms with Crippen LogP contribution >= 0.6 is 0 Å². The summed E-state index contributed by atoms with van der Waals surface area (Å²) in [5, 5.41) is 2.30. The summed E-state index contributed by atoms with van der Waals surface area (Å²) in [7, 11) is 0. The molecule has 1 aromatic carbocycles. The number of amides is 4. The number of hydrogen-bond donors (Lipinski definition) is 1. The van der Waals surface area contributed by atoms with Crippen molar-refractivity contribution < 1.29 is 23.6 Å². The number of halogens is 1. The molecule has 5 heterocycles. The Morgan fingerprint density at radius 2 is 1.92 bits per heavy atom. The number of carbonyl (C=O) groups excluding carboxylic acids is 4. The van der Waals surface area contributed by atoms with Crippen molar-refractivity contribution in [3.63, 3.8) is 0 Å². The van der Waals surface area contributed by atoms with Crippen molar-refractivity contribution in [2.45, 2.75) is 51.7 Å². The van der Waals surface area contributed by atoms with Crippen molar-refractivity contribution in [2.75, 3.05) is 26.2 Å². The van der Waals surface area contributed by atoms with Crippen LogP contribution < -0.4 is 5.32 Å². The number of fused-ring (bicyclic) bond motifs is 1. The van der Waals surface area contributed by atoms with Gasteiger partial charge in [-0.05, 0) is 56.1 Å². The van der Waals surface area contributed by atoms with Gasteiger partial charge in [-0.2, -0.15) is 0 Å². The Kier molecular flexibility index (Phi) is 6.02. The average Bonchev–Trinajstić information content (AvgIpc) is 3.19. The zero-order chi connectivity index (χ0) is 26.6. The monoisotopic (exact) mass is 519 g/mol. The van der Waals surface area contributed by atoms with Crippen LogP contribution in [-0.4, -0.2) is 75.5 Å². The molecular weight excluding hydrogens is 489 g/mol. The van der Waals surface area contributed by atoms with Crippen molar-refractivity contribution in [1.82, 2.24) is 25.0 Å². The highest BCUT2D eigenvalue weighted by Gasteiger charge is 2.45. The number of rotatable bonds is 4. The van der Waals surface area contributed by atoms with E-state index in [1.54, 1.807) is 37.4 Å². The lowest BCUT2D eigenvalue weighted by Crippen LogP contribution is -2.61.